The number of hydrogen-bond acceptors (Lipinski definition) is 5. The van der Waals surface area contributed by atoms with Gasteiger partial charge in [-0.15, -0.1) is 0 Å². The number of amides is 3. The Labute approximate surface area is 152 Å². The summed E-state index contributed by atoms with van der Waals surface area (Å²) < 4.78 is 13.2. The molecule has 1 aliphatic carbocycles. The molecule has 3 unspecified atom stereocenters. The molecule has 1 aromatic rings. The van der Waals surface area contributed by atoms with E-state index in [1.54, 1.807) is 0 Å². The zero-order chi connectivity index (χ0) is 19.4. The number of aliphatic hydroxyl groups is 2. The zero-order valence-electron chi connectivity index (χ0n) is 13.4. The summed E-state index contributed by atoms with van der Waals surface area (Å²) in [6, 6.07) is 2.25. The highest BCUT2D eigenvalue weighted by Gasteiger charge is 2.33. The van der Waals surface area contributed by atoms with Crippen LogP contribution in [0, 0.1) is 5.82 Å². The van der Waals surface area contributed by atoms with Crippen molar-refractivity contribution in [1.82, 2.24) is 10.6 Å². The molecule has 140 valence electrons. The van der Waals surface area contributed by atoms with Crippen LogP contribution in [0.15, 0.2) is 29.8 Å². The van der Waals surface area contributed by atoms with E-state index in [1.807, 2.05) is 0 Å². The lowest BCUT2D eigenvalue weighted by Gasteiger charge is -2.31. The van der Waals surface area contributed by atoms with Gasteiger partial charge in [-0.25, -0.2) is 4.39 Å². The average Bonchev–Trinajstić information content (AvgIpc) is 2.58. The van der Waals surface area contributed by atoms with Crippen molar-refractivity contribution in [2.24, 2.45) is 5.73 Å². The van der Waals surface area contributed by atoms with E-state index in [1.165, 1.54) is 12.1 Å². The quantitative estimate of drug-likeness (QED) is 0.452. The van der Waals surface area contributed by atoms with Crippen LogP contribution in [-0.4, -0.2) is 52.7 Å². The van der Waals surface area contributed by atoms with Gasteiger partial charge in [-0.3, -0.25) is 14.4 Å². The third-order valence-corrected chi connectivity index (χ3v) is 4.06. The van der Waals surface area contributed by atoms with E-state index < -0.39 is 41.8 Å². The van der Waals surface area contributed by atoms with E-state index in [2.05, 4.69) is 10.6 Å². The number of rotatable bonds is 5. The first kappa shape index (κ1) is 19.8. The van der Waals surface area contributed by atoms with E-state index >= 15 is 0 Å². The predicted molar refractivity (Wildman–Crippen MR) is 89.6 cm³/mol. The first-order chi connectivity index (χ1) is 12.2. The summed E-state index contributed by atoms with van der Waals surface area (Å²) in [6.45, 7) is -0.389. The second-order valence-electron chi connectivity index (χ2n) is 5.73. The Kier molecular flexibility index (Phi) is 6.30. The predicted octanol–water partition coefficient (Wildman–Crippen LogP) is -0.769. The van der Waals surface area contributed by atoms with Gasteiger partial charge in [0, 0.05) is 17.6 Å². The number of nitrogens with two attached hydrogens (primary N) is 1. The second-order valence-corrected chi connectivity index (χ2v) is 6.14. The van der Waals surface area contributed by atoms with Crippen LogP contribution in [0.4, 0.5) is 4.39 Å². The third-order valence-electron chi connectivity index (χ3n) is 3.77. The molecule has 10 heteroatoms. The van der Waals surface area contributed by atoms with E-state index in [0.29, 0.717) is 0 Å². The SMILES string of the molecule is NC(=O)CNC(=O)C1=CC(NC(=O)c2ccc(F)c(Cl)c2)C(O)C(O)C1. The Hall–Kier alpha value is -2.49. The summed E-state index contributed by atoms with van der Waals surface area (Å²) in [6.07, 6.45) is -1.56. The number of nitrogens with one attached hydrogen (secondary N) is 2. The van der Waals surface area contributed by atoms with Crippen LogP contribution in [0.3, 0.4) is 0 Å². The van der Waals surface area contributed by atoms with Crippen molar-refractivity contribution in [1.29, 1.82) is 0 Å². The van der Waals surface area contributed by atoms with Crippen molar-refractivity contribution in [3.05, 3.63) is 46.3 Å². The Balaban J connectivity index is 2.15. The first-order valence-electron chi connectivity index (χ1n) is 7.58. The molecule has 0 bridgehead atoms. The molecule has 0 saturated heterocycles. The highest BCUT2D eigenvalue weighted by Crippen LogP contribution is 2.21. The number of halogens is 2. The fourth-order valence-electron chi connectivity index (χ4n) is 2.42. The molecular formula is C16H17ClFN3O5. The Morgan fingerprint density at radius 1 is 1.27 bits per heavy atom. The van der Waals surface area contributed by atoms with Gasteiger partial charge in [0.2, 0.25) is 11.8 Å². The van der Waals surface area contributed by atoms with Crippen molar-refractivity contribution < 1.29 is 29.0 Å². The van der Waals surface area contributed by atoms with Crippen molar-refractivity contribution in [2.45, 2.75) is 24.7 Å². The van der Waals surface area contributed by atoms with E-state index in [4.69, 9.17) is 17.3 Å². The summed E-state index contributed by atoms with van der Waals surface area (Å²) in [5, 5.41) is 24.4. The lowest BCUT2D eigenvalue weighted by Crippen LogP contribution is -2.51. The van der Waals surface area contributed by atoms with Crippen LogP contribution in [0.25, 0.3) is 0 Å². The minimum atomic E-state index is -1.36. The molecule has 6 N–H and O–H groups in total. The molecule has 0 heterocycles. The van der Waals surface area contributed by atoms with Crippen molar-refractivity contribution in [2.75, 3.05) is 6.54 Å². The van der Waals surface area contributed by atoms with Gasteiger partial charge in [0.1, 0.15) is 11.9 Å². The smallest absolute Gasteiger partial charge is 0.251 e. The molecule has 3 amide bonds. The molecule has 0 saturated carbocycles. The van der Waals surface area contributed by atoms with Gasteiger partial charge in [0.05, 0.1) is 23.7 Å². The fraction of sp³-hybridized carbons (Fsp3) is 0.312. The highest BCUT2D eigenvalue weighted by molar-refractivity contribution is 6.31. The van der Waals surface area contributed by atoms with Gasteiger partial charge >= 0.3 is 0 Å². The van der Waals surface area contributed by atoms with Gasteiger partial charge in [0.15, 0.2) is 0 Å². The number of benzene rings is 1. The summed E-state index contributed by atoms with van der Waals surface area (Å²) in [5.74, 6) is -2.77. The minimum absolute atomic E-state index is 0.0387. The fourth-order valence-corrected chi connectivity index (χ4v) is 2.60. The maximum Gasteiger partial charge on any atom is 0.251 e. The summed E-state index contributed by atoms with van der Waals surface area (Å²) in [5.41, 5.74) is 5.06. The molecule has 2 rings (SSSR count). The Bertz CT molecular complexity index is 770. The molecule has 1 aliphatic rings. The van der Waals surface area contributed by atoms with Crippen LogP contribution >= 0.6 is 11.6 Å². The average molecular weight is 386 g/mol. The van der Waals surface area contributed by atoms with Crippen molar-refractivity contribution >= 4 is 29.3 Å². The summed E-state index contributed by atoms with van der Waals surface area (Å²) >= 11 is 5.63. The summed E-state index contributed by atoms with van der Waals surface area (Å²) in [7, 11) is 0. The molecule has 0 aromatic heterocycles. The largest absolute Gasteiger partial charge is 0.390 e. The number of carbonyl (C=O) groups is 3. The molecule has 1 aromatic carbocycles. The van der Waals surface area contributed by atoms with Gasteiger partial charge in [-0.05, 0) is 18.2 Å². The van der Waals surface area contributed by atoms with Crippen LogP contribution in [-0.2, 0) is 9.59 Å². The van der Waals surface area contributed by atoms with Gasteiger partial charge in [0.25, 0.3) is 5.91 Å². The molecule has 26 heavy (non-hydrogen) atoms. The maximum absolute atomic E-state index is 13.2. The molecular weight excluding hydrogens is 369 g/mol. The number of hydrogen-bond donors (Lipinski definition) is 5. The molecule has 3 atom stereocenters. The molecule has 8 nitrogen and oxygen atoms in total. The van der Waals surface area contributed by atoms with E-state index in [-0.39, 0.29) is 29.1 Å². The van der Waals surface area contributed by atoms with Gasteiger partial charge in [-0.1, -0.05) is 17.7 Å². The van der Waals surface area contributed by atoms with Crippen LogP contribution in [0.1, 0.15) is 16.8 Å². The topological polar surface area (TPSA) is 142 Å². The molecule has 0 radical (unpaired) electrons. The minimum Gasteiger partial charge on any atom is -0.390 e. The van der Waals surface area contributed by atoms with Gasteiger partial charge < -0.3 is 26.6 Å². The first-order valence-corrected chi connectivity index (χ1v) is 7.96. The van der Waals surface area contributed by atoms with Crippen LogP contribution < -0.4 is 16.4 Å². The van der Waals surface area contributed by atoms with E-state index in [0.717, 1.165) is 12.1 Å². The van der Waals surface area contributed by atoms with Crippen molar-refractivity contribution in [3.63, 3.8) is 0 Å². The highest BCUT2D eigenvalue weighted by atomic mass is 35.5. The second kappa shape index (κ2) is 8.26. The van der Waals surface area contributed by atoms with Gasteiger partial charge in [-0.2, -0.15) is 0 Å². The Morgan fingerprint density at radius 2 is 1.96 bits per heavy atom. The standard InChI is InChI=1S/C16H17ClFN3O5/c17-9-3-7(1-2-10(9)18)16(26)21-11-4-8(5-12(22)14(11)24)15(25)20-6-13(19)23/h1-4,11-12,14,22,24H,5-6H2,(H2,19,23)(H,20,25)(H,21,26). The molecule has 0 spiro atoms. The number of carbonyl (C=O) groups excluding carboxylic acids is 3. The third kappa shape index (κ3) is 4.78. The van der Waals surface area contributed by atoms with E-state index in [9.17, 15) is 29.0 Å². The van der Waals surface area contributed by atoms with Crippen LogP contribution in [0.5, 0.6) is 0 Å². The van der Waals surface area contributed by atoms with Crippen LogP contribution in [0.2, 0.25) is 5.02 Å². The molecule has 0 fully saturated rings. The maximum atomic E-state index is 13.2. The normalized spacial score (nSPS) is 22.3. The lowest BCUT2D eigenvalue weighted by atomic mass is 9.90. The summed E-state index contributed by atoms with van der Waals surface area (Å²) in [4.78, 5) is 35.0. The number of primary amides is 1. The monoisotopic (exact) mass is 385 g/mol. The number of aliphatic hydroxyl groups excluding tert-OH is 2. The lowest BCUT2D eigenvalue weighted by molar-refractivity contribution is -0.123. The zero-order valence-corrected chi connectivity index (χ0v) is 14.2. The molecule has 0 aliphatic heterocycles. The Morgan fingerprint density at radius 3 is 2.58 bits per heavy atom. The van der Waals surface area contributed by atoms with Crippen molar-refractivity contribution in [3.8, 4) is 0 Å².